The van der Waals surface area contributed by atoms with Crippen LogP contribution in [0, 0.1) is 6.92 Å². The number of aryl methyl sites for hydroxylation is 1. The molecule has 6 nitrogen and oxygen atoms in total. The molecule has 1 heterocycles. The van der Waals surface area contributed by atoms with Gasteiger partial charge in [-0.3, -0.25) is 9.10 Å². The van der Waals surface area contributed by atoms with Crippen LogP contribution in [0.5, 0.6) is 0 Å². The highest BCUT2D eigenvalue weighted by atomic mass is 32.2. The number of carbonyl (C=O) groups excluding carboxylic acids is 1. The van der Waals surface area contributed by atoms with E-state index in [-0.39, 0.29) is 5.91 Å². The molecule has 0 aromatic heterocycles. The molecular formula is C24H33N3O3S. The van der Waals surface area contributed by atoms with Crippen LogP contribution in [0.4, 0.5) is 11.4 Å². The van der Waals surface area contributed by atoms with E-state index < -0.39 is 16.1 Å². The minimum absolute atomic E-state index is 0.298. The minimum Gasteiger partial charge on any atom is -0.372 e. The van der Waals surface area contributed by atoms with Crippen molar-refractivity contribution in [2.24, 2.45) is 0 Å². The number of benzene rings is 2. The Balaban J connectivity index is 1.68. The fraction of sp³-hybridized carbons (Fsp3) is 0.458. The van der Waals surface area contributed by atoms with Gasteiger partial charge in [0, 0.05) is 25.3 Å². The van der Waals surface area contributed by atoms with E-state index in [2.05, 4.69) is 22.3 Å². The first-order valence-corrected chi connectivity index (χ1v) is 12.8. The van der Waals surface area contributed by atoms with E-state index in [1.807, 2.05) is 38.1 Å². The quantitative estimate of drug-likeness (QED) is 0.673. The highest BCUT2D eigenvalue weighted by Crippen LogP contribution is 2.23. The maximum atomic E-state index is 13.0. The van der Waals surface area contributed by atoms with Crippen LogP contribution < -0.4 is 14.5 Å². The number of carbonyl (C=O) groups is 1. The van der Waals surface area contributed by atoms with Gasteiger partial charge in [0.1, 0.15) is 6.04 Å². The molecule has 1 saturated heterocycles. The van der Waals surface area contributed by atoms with Gasteiger partial charge in [-0.2, -0.15) is 0 Å². The molecule has 0 aliphatic carbocycles. The number of hydrogen-bond acceptors (Lipinski definition) is 4. The number of amides is 1. The lowest BCUT2D eigenvalue weighted by Crippen LogP contribution is -2.49. The summed E-state index contributed by atoms with van der Waals surface area (Å²) in [5.74, 6) is -0.298. The second kappa shape index (κ2) is 10.2. The maximum absolute atomic E-state index is 13.0. The Morgan fingerprint density at radius 3 is 2.19 bits per heavy atom. The summed E-state index contributed by atoms with van der Waals surface area (Å²) in [6.07, 6.45) is 5.27. The van der Waals surface area contributed by atoms with Crippen LogP contribution in [-0.2, 0) is 21.4 Å². The van der Waals surface area contributed by atoms with Gasteiger partial charge in [0.15, 0.2) is 0 Å². The molecule has 1 atom stereocenters. The zero-order chi connectivity index (χ0) is 22.4. The molecule has 0 spiro atoms. The lowest BCUT2D eigenvalue weighted by molar-refractivity contribution is -0.122. The van der Waals surface area contributed by atoms with Crippen molar-refractivity contribution < 1.29 is 13.2 Å². The lowest BCUT2D eigenvalue weighted by atomic mass is 10.1. The van der Waals surface area contributed by atoms with Gasteiger partial charge in [-0.25, -0.2) is 8.42 Å². The Morgan fingerprint density at radius 1 is 1.03 bits per heavy atom. The third-order valence-electron chi connectivity index (χ3n) is 5.74. The third-order valence-corrected chi connectivity index (χ3v) is 6.92. The lowest BCUT2D eigenvalue weighted by Gasteiger charge is -2.30. The minimum atomic E-state index is -3.62. The zero-order valence-electron chi connectivity index (χ0n) is 18.7. The Bertz CT molecular complexity index is 966. The van der Waals surface area contributed by atoms with Crippen LogP contribution in [0.1, 0.15) is 43.7 Å². The molecule has 1 aliphatic heterocycles. The van der Waals surface area contributed by atoms with Crippen molar-refractivity contribution >= 4 is 27.3 Å². The van der Waals surface area contributed by atoms with Gasteiger partial charge in [-0.15, -0.1) is 0 Å². The van der Waals surface area contributed by atoms with Crippen LogP contribution in [-0.4, -0.2) is 39.7 Å². The highest BCUT2D eigenvalue weighted by molar-refractivity contribution is 7.92. The normalized spacial score (nSPS) is 15.4. The standard InChI is InChI=1S/C24H33N3O3S/c1-4-23(27(31(3,29)30)22-12-8-19(2)9-13-22)24(28)25-18-20-10-14-21(15-11-20)26-16-6-5-7-17-26/h8-15,23H,4-7,16-18H2,1-3H3,(H,25,28)/t23-/m1/s1. The number of piperidine rings is 1. The molecule has 3 rings (SSSR count). The Morgan fingerprint density at radius 2 is 1.65 bits per heavy atom. The number of nitrogens with zero attached hydrogens (tertiary/aromatic N) is 2. The average Bonchev–Trinajstić information content (AvgIpc) is 2.77. The Hall–Kier alpha value is -2.54. The van der Waals surface area contributed by atoms with Gasteiger partial charge >= 0.3 is 0 Å². The molecule has 1 aliphatic rings. The van der Waals surface area contributed by atoms with E-state index in [9.17, 15) is 13.2 Å². The molecule has 2 aromatic carbocycles. The Kier molecular flexibility index (Phi) is 7.59. The van der Waals surface area contributed by atoms with Gasteiger partial charge in [0.2, 0.25) is 15.9 Å². The summed E-state index contributed by atoms with van der Waals surface area (Å²) in [6, 6.07) is 14.6. The van der Waals surface area contributed by atoms with Gasteiger partial charge in [0.25, 0.3) is 0 Å². The zero-order valence-corrected chi connectivity index (χ0v) is 19.5. The number of hydrogen-bond donors (Lipinski definition) is 1. The molecular weight excluding hydrogens is 410 g/mol. The summed E-state index contributed by atoms with van der Waals surface area (Å²) in [7, 11) is -3.62. The molecule has 7 heteroatoms. The molecule has 31 heavy (non-hydrogen) atoms. The molecule has 2 aromatic rings. The molecule has 1 fully saturated rings. The predicted octanol–water partition coefficient (Wildman–Crippen LogP) is 3.85. The van der Waals surface area contributed by atoms with Crippen molar-refractivity contribution in [2.45, 2.75) is 52.1 Å². The number of rotatable bonds is 8. The fourth-order valence-corrected chi connectivity index (χ4v) is 5.25. The monoisotopic (exact) mass is 443 g/mol. The fourth-order valence-electron chi connectivity index (χ4n) is 4.04. The number of anilines is 2. The molecule has 0 bridgehead atoms. The van der Waals surface area contributed by atoms with Crippen molar-refractivity contribution in [3.63, 3.8) is 0 Å². The topological polar surface area (TPSA) is 69.7 Å². The van der Waals surface area contributed by atoms with Crippen LogP contribution >= 0.6 is 0 Å². The molecule has 0 saturated carbocycles. The molecule has 1 N–H and O–H groups in total. The van der Waals surface area contributed by atoms with Crippen molar-refractivity contribution in [3.05, 3.63) is 59.7 Å². The maximum Gasteiger partial charge on any atom is 0.244 e. The Labute approximate surface area is 186 Å². The summed E-state index contributed by atoms with van der Waals surface area (Å²) in [4.78, 5) is 15.4. The molecule has 168 valence electrons. The van der Waals surface area contributed by atoms with Crippen LogP contribution in [0.25, 0.3) is 0 Å². The first-order chi connectivity index (χ1) is 14.8. The van der Waals surface area contributed by atoms with E-state index in [0.717, 1.165) is 30.5 Å². The van der Waals surface area contributed by atoms with Gasteiger partial charge < -0.3 is 10.2 Å². The molecule has 0 radical (unpaired) electrons. The second-order valence-electron chi connectivity index (χ2n) is 8.25. The molecule has 1 amide bonds. The van der Waals surface area contributed by atoms with E-state index >= 15 is 0 Å². The summed E-state index contributed by atoms with van der Waals surface area (Å²) >= 11 is 0. The van der Waals surface area contributed by atoms with E-state index in [1.54, 1.807) is 12.1 Å². The van der Waals surface area contributed by atoms with E-state index in [4.69, 9.17) is 0 Å². The van der Waals surface area contributed by atoms with Crippen molar-refractivity contribution in [1.29, 1.82) is 0 Å². The van der Waals surface area contributed by atoms with Crippen molar-refractivity contribution in [2.75, 3.05) is 28.6 Å². The average molecular weight is 444 g/mol. The molecule has 0 unspecified atom stereocenters. The van der Waals surface area contributed by atoms with Crippen LogP contribution in [0.3, 0.4) is 0 Å². The van der Waals surface area contributed by atoms with Crippen LogP contribution in [0.2, 0.25) is 0 Å². The van der Waals surface area contributed by atoms with Gasteiger partial charge in [0.05, 0.1) is 11.9 Å². The predicted molar refractivity (Wildman–Crippen MR) is 127 cm³/mol. The number of nitrogens with one attached hydrogen (secondary N) is 1. The summed E-state index contributed by atoms with van der Waals surface area (Å²) in [5, 5.41) is 2.92. The van der Waals surface area contributed by atoms with Crippen molar-refractivity contribution in [3.8, 4) is 0 Å². The van der Waals surface area contributed by atoms with Gasteiger partial charge in [-0.1, -0.05) is 36.8 Å². The highest BCUT2D eigenvalue weighted by Gasteiger charge is 2.31. The smallest absolute Gasteiger partial charge is 0.244 e. The first kappa shape index (κ1) is 23.1. The van der Waals surface area contributed by atoms with Gasteiger partial charge in [-0.05, 0) is 62.4 Å². The van der Waals surface area contributed by atoms with Crippen molar-refractivity contribution in [1.82, 2.24) is 5.32 Å². The third kappa shape index (κ3) is 6.00. The van der Waals surface area contributed by atoms with Crippen LogP contribution in [0.15, 0.2) is 48.5 Å². The summed E-state index contributed by atoms with van der Waals surface area (Å²) < 4.78 is 26.3. The van der Waals surface area contributed by atoms with E-state index in [1.165, 1.54) is 29.3 Å². The summed E-state index contributed by atoms with van der Waals surface area (Å²) in [5.41, 5.74) is 3.73. The number of sulfonamides is 1. The SMILES string of the molecule is CC[C@H](C(=O)NCc1ccc(N2CCCCC2)cc1)N(c1ccc(C)cc1)S(C)(=O)=O. The summed E-state index contributed by atoms with van der Waals surface area (Å²) in [6.45, 7) is 6.31. The second-order valence-corrected chi connectivity index (χ2v) is 10.1. The van der Waals surface area contributed by atoms with E-state index in [0.29, 0.717) is 18.7 Å². The first-order valence-electron chi connectivity index (χ1n) is 11.0. The largest absolute Gasteiger partial charge is 0.372 e.